The molecule has 0 radical (unpaired) electrons. The van der Waals surface area contributed by atoms with Crippen LogP contribution in [0, 0.1) is 0 Å². The number of rotatable bonds is 8. The molecule has 0 saturated carbocycles. The predicted molar refractivity (Wildman–Crippen MR) is 113 cm³/mol. The van der Waals surface area contributed by atoms with Crippen molar-refractivity contribution in [3.05, 3.63) is 51.6 Å². The van der Waals surface area contributed by atoms with E-state index >= 15 is 0 Å². The Kier molecular flexibility index (Phi) is 7.37. The van der Waals surface area contributed by atoms with Crippen molar-refractivity contribution in [2.75, 3.05) is 40.4 Å². The number of methoxy groups -OCH3 is 2. The Labute approximate surface area is 184 Å². The fourth-order valence-electron chi connectivity index (χ4n) is 3.64. The Morgan fingerprint density at radius 1 is 1.19 bits per heavy atom. The molecule has 1 saturated heterocycles. The normalized spacial score (nSPS) is 15.2. The van der Waals surface area contributed by atoms with E-state index in [1.54, 1.807) is 11.0 Å². The van der Waals surface area contributed by atoms with Crippen LogP contribution in [0.5, 0.6) is 17.2 Å². The number of hydrogen-bond acceptors (Lipinski definition) is 9. The first-order chi connectivity index (χ1) is 15.4. The number of ether oxygens (including phenoxy) is 2. The third-order valence-corrected chi connectivity index (χ3v) is 5.46. The number of aromatic hydroxyl groups is 2. The Morgan fingerprint density at radius 3 is 2.53 bits per heavy atom. The summed E-state index contributed by atoms with van der Waals surface area (Å²) < 4.78 is 15.9. The van der Waals surface area contributed by atoms with Gasteiger partial charge in [0.15, 0.2) is 17.3 Å². The van der Waals surface area contributed by atoms with Crippen molar-refractivity contribution in [3.63, 3.8) is 0 Å². The Hall–Kier alpha value is -3.53. The molecule has 2 aromatic rings. The summed E-state index contributed by atoms with van der Waals surface area (Å²) in [6.07, 6.45) is 0.599. The average Bonchev–Trinajstić information content (AvgIpc) is 2.80. The van der Waals surface area contributed by atoms with E-state index in [1.165, 1.54) is 32.4 Å². The van der Waals surface area contributed by atoms with E-state index in [9.17, 15) is 24.6 Å². The standard InChI is InChI=1S/C22H26N2O8/c1-30-19-9-14(3-4-17(19)26)16(11-20(28)31-2)22-21(29)18(27)10-15(32-22)12-23-5-7-24(13-25)8-6-23/h3-4,9-10,13,16,26,29H,5-8,11-12H2,1-2H3. The zero-order valence-corrected chi connectivity index (χ0v) is 17.9. The molecule has 1 aliphatic rings. The molecule has 172 valence electrons. The van der Waals surface area contributed by atoms with Crippen LogP contribution in [0.1, 0.15) is 29.4 Å². The second-order valence-electron chi connectivity index (χ2n) is 7.47. The number of hydrogen-bond donors (Lipinski definition) is 2. The first-order valence-corrected chi connectivity index (χ1v) is 10.1. The van der Waals surface area contributed by atoms with Crippen LogP contribution in [0.2, 0.25) is 0 Å². The van der Waals surface area contributed by atoms with Crippen molar-refractivity contribution < 1.29 is 33.7 Å². The molecule has 1 aromatic heterocycles. The lowest BCUT2D eigenvalue weighted by Crippen LogP contribution is -2.45. The quantitative estimate of drug-likeness (QED) is 0.451. The van der Waals surface area contributed by atoms with Crippen LogP contribution in [0.3, 0.4) is 0 Å². The highest BCUT2D eigenvalue weighted by atomic mass is 16.5. The summed E-state index contributed by atoms with van der Waals surface area (Å²) in [5.74, 6) is -1.69. The third kappa shape index (κ3) is 5.20. The van der Waals surface area contributed by atoms with Crippen LogP contribution in [0.4, 0.5) is 0 Å². The van der Waals surface area contributed by atoms with Gasteiger partial charge in [-0.1, -0.05) is 6.07 Å². The summed E-state index contributed by atoms with van der Waals surface area (Å²) in [4.78, 5) is 39.2. The first kappa shape index (κ1) is 23.1. The van der Waals surface area contributed by atoms with Gasteiger partial charge < -0.3 is 29.0 Å². The number of piperazine rings is 1. The van der Waals surface area contributed by atoms with Gasteiger partial charge in [0.1, 0.15) is 5.76 Å². The van der Waals surface area contributed by atoms with E-state index in [-0.39, 0.29) is 23.7 Å². The van der Waals surface area contributed by atoms with Crippen molar-refractivity contribution in [3.8, 4) is 17.2 Å². The van der Waals surface area contributed by atoms with Crippen molar-refractivity contribution >= 4 is 12.4 Å². The maximum Gasteiger partial charge on any atom is 0.306 e. The van der Waals surface area contributed by atoms with Crippen molar-refractivity contribution in [2.45, 2.75) is 18.9 Å². The highest BCUT2D eigenvalue weighted by Crippen LogP contribution is 2.37. The van der Waals surface area contributed by atoms with E-state index < -0.39 is 23.1 Å². The largest absolute Gasteiger partial charge is 0.504 e. The Morgan fingerprint density at radius 2 is 1.91 bits per heavy atom. The lowest BCUT2D eigenvalue weighted by molar-refractivity contribution is -0.141. The van der Waals surface area contributed by atoms with E-state index in [2.05, 4.69) is 0 Å². The number of nitrogens with zero attached hydrogens (tertiary/aromatic N) is 2. The van der Waals surface area contributed by atoms with Gasteiger partial charge in [-0.15, -0.1) is 0 Å². The lowest BCUT2D eigenvalue weighted by Gasteiger charge is -2.32. The summed E-state index contributed by atoms with van der Waals surface area (Å²) >= 11 is 0. The smallest absolute Gasteiger partial charge is 0.306 e. The maximum atomic E-state index is 12.5. The Bertz CT molecular complexity index is 1030. The molecule has 10 heteroatoms. The molecule has 1 atom stereocenters. The molecule has 0 bridgehead atoms. The van der Waals surface area contributed by atoms with Crippen molar-refractivity contribution in [1.82, 2.24) is 9.80 Å². The first-order valence-electron chi connectivity index (χ1n) is 10.1. The van der Waals surface area contributed by atoms with Crippen LogP contribution in [-0.4, -0.2) is 72.8 Å². The highest BCUT2D eigenvalue weighted by molar-refractivity contribution is 5.71. The molecule has 32 heavy (non-hydrogen) atoms. The second kappa shape index (κ2) is 10.2. The number of carbonyl (C=O) groups is 2. The summed E-state index contributed by atoms with van der Waals surface area (Å²) in [6, 6.07) is 5.67. The predicted octanol–water partition coefficient (Wildman–Crippen LogP) is 1.03. The van der Waals surface area contributed by atoms with Gasteiger partial charge in [-0.2, -0.15) is 0 Å². The van der Waals surface area contributed by atoms with E-state index in [0.717, 1.165) is 6.41 Å². The molecule has 2 N–H and O–H groups in total. The summed E-state index contributed by atoms with van der Waals surface area (Å²) in [7, 11) is 2.62. The van der Waals surface area contributed by atoms with Gasteiger partial charge in [-0.3, -0.25) is 19.3 Å². The SMILES string of the molecule is COC(=O)CC(c1ccc(O)c(OC)c1)c1oc(CN2CCN(C=O)CC2)cc(=O)c1O. The molecule has 10 nitrogen and oxygen atoms in total. The summed E-state index contributed by atoms with van der Waals surface area (Å²) in [5.41, 5.74) is -0.145. The van der Waals surface area contributed by atoms with Crippen LogP contribution >= 0.6 is 0 Å². The van der Waals surface area contributed by atoms with Gasteiger partial charge in [-0.25, -0.2) is 0 Å². The molecule has 1 aliphatic heterocycles. The van der Waals surface area contributed by atoms with Gasteiger partial charge in [-0.05, 0) is 17.7 Å². The van der Waals surface area contributed by atoms with Crippen LogP contribution in [0.15, 0.2) is 33.5 Å². The molecular formula is C22H26N2O8. The van der Waals surface area contributed by atoms with Crippen LogP contribution in [0.25, 0.3) is 0 Å². The minimum Gasteiger partial charge on any atom is -0.504 e. The van der Waals surface area contributed by atoms with Gasteiger partial charge in [0.25, 0.3) is 0 Å². The molecule has 1 amide bonds. The maximum absolute atomic E-state index is 12.5. The lowest BCUT2D eigenvalue weighted by atomic mass is 9.92. The number of phenolic OH excluding ortho intramolecular Hbond substituents is 1. The molecule has 1 aromatic carbocycles. The van der Waals surface area contributed by atoms with Gasteiger partial charge >= 0.3 is 5.97 Å². The van der Waals surface area contributed by atoms with E-state index in [1.807, 2.05) is 4.90 Å². The van der Waals surface area contributed by atoms with Crippen LogP contribution < -0.4 is 10.2 Å². The van der Waals surface area contributed by atoms with Gasteiger partial charge in [0, 0.05) is 32.2 Å². The molecule has 2 heterocycles. The minimum absolute atomic E-state index is 0.0721. The average molecular weight is 446 g/mol. The number of phenols is 1. The fraction of sp³-hybridized carbons (Fsp3) is 0.409. The highest BCUT2D eigenvalue weighted by Gasteiger charge is 2.28. The third-order valence-electron chi connectivity index (χ3n) is 5.46. The monoisotopic (exact) mass is 446 g/mol. The van der Waals surface area contributed by atoms with Gasteiger partial charge in [0.2, 0.25) is 17.6 Å². The van der Waals surface area contributed by atoms with E-state index in [0.29, 0.717) is 44.0 Å². The molecule has 0 spiro atoms. The fourth-order valence-corrected chi connectivity index (χ4v) is 3.64. The molecule has 3 rings (SSSR count). The molecule has 1 fully saturated rings. The molecular weight excluding hydrogens is 420 g/mol. The van der Waals surface area contributed by atoms with Gasteiger partial charge in [0.05, 0.1) is 33.1 Å². The molecule has 0 aliphatic carbocycles. The second-order valence-corrected chi connectivity index (χ2v) is 7.47. The van der Waals surface area contributed by atoms with Crippen molar-refractivity contribution in [2.24, 2.45) is 0 Å². The van der Waals surface area contributed by atoms with E-state index in [4.69, 9.17) is 13.9 Å². The topological polar surface area (TPSA) is 130 Å². The van der Waals surface area contributed by atoms with Crippen LogP contribution in [-0.2, 0) is 20.9 Å². The number of esters is 1. The number of benzene rings is 1. The molecule has 1 unspecified atom stereocenters. The van der Waals surface area contributed by atoms with Crippen molar-refractivity contribution in [1.29, 1.82) is 0 Å². The summed E-state index contributed by atoms with van der Waals surface area (Å²) in [6.45, 7) is 2.66. The number of carbonyl (C=O) groups excluding carboxylic acids is 2. The Balaban J connectivity index is 1.97. The minimum atomic E-state index is -0.850. The zero-order chi connectivity index (χ0) is 23.3. The number of amides is 1. The zero-order valence-electron chi connectivity index (χ0n) is 17.9. The summed E-state index contributed by atoms with van der Waals surface area (Å²) in [5, 5.41) is 20.4.